The molecular weight excluding hydrogens is 308 g/mol. The van der Waals surface area contributed by atoms with Crippen molar-refractivity contribution in [1.29, 1.82) is 5.41 Å². The highest BCUT2D eigenvalue weighted by atomic mass is 16.5. The van der Waals surface area contributed by atoms with Crippen molar-refractivity contribution < 1.29 is 15.8 Å². The number of rotatable bonds is 6. The van der Waals surface area contributed by atoms with Crippen molar-refractivity contribution in [3.63, 3.8) is 0 Å². The molecule has 0 bridgehead atoms. The zero-order chi connectivity index (χ0) is 17.4. The number of hydrogen-bond acceptors (Lipinski definition) is 5. The summed E-state index contributed by atoms with van der Waals surface area (Å²) in [6, 6.07) is 7.82. The maximum Gasteiger partial charge on any atom is 0.338 e. The van der Waals surface area contributed by atoms with E-state index in [0.717, 1.165) is 11.8 Å². The summed E-state index contributed by atoms with van der Waals surface area (Å²) in [4.78, 5) is 27.6. The molecule has 2 amide bonds. The lowest BCUT2D eigenvalue weighted by atomic mass is 10.1. The average molecular weight is 328 g/mol. The number of carbonyl (C=O) groups is 2. The van der Waals surface area contributed by atoms with Gasteiger partial charge in [-0.05, 0) is 42.8 Å². The van der Waals surface area contributed by atoms with Gasteiger partial charge in [-0.15, -0.1) is 0 Å². The number of aromatic nitrogens is 1. The molecule has 24 heavy (non-hydrogen) atoms. The van der Waals surface area contributed by atoms with Crippen molar-refractivity contribution in [3.8, 4) is 0 Å². The Bertz CT molecular complexity index is 738. The van der Waals surface area contributed by atoms with Crippen LogP contribution in [0.3, 0.4) is 0 Å². The fourth-order valence-electron chi connectivity index (χ4n) is 1.99. The molecule has 3 N–H and O–H groups in total. The number of esters is 1. The minimum absolute atomic E-state index is 0. The van der Waals surface area contributed by atoms with E-state index in [1.807, 2.05) is 0 Å². The van der Waals surface area contributed by atoms with Gasteiger partial charge in [0.1, 0.15) is 0 Å². The van der Waals surface area contributed by atoms with Crippen LogP contribution in [0.2, 0.25) is 0 Å². The van der Waals surface area contributed by atoms with Gasteiger partial charge in [-0.1, -0.05) is 0 Å². The first-order chi connectivity index (χ1) is 11.6. The number of anilines is 1. The Hall–Kier alpha value is -3.22. The van der Waals surface area contributed by atoms with Gasteiger partial charge >= 0.3 is 12.0 Å². The Kier molecular flexibility index (Phi) is 6.01. The number of nitrogens with zero attached hydrogens (tertiary/aromatic N) is 1. The third-order valence-corrected chi connectivity index (χ3v) is 3.17. The second-order valence-electron chi connectivity index (χ2n) is 4.83. The molecule has 1 aromatic carbocycles. The van der Waals surface area contributed by atoms with E-state index in [4.69, 9.17) is 10.1 Å². The van der Waals surface area contributed by atoms with Gasteiger partial charge in [-0.3, -0.25) is 4.98 Å². The van der Waals surface area contributed by atoms with Crippen molar-refractivity contribution in [2.45, 2.75) is 13.5 Å². The molecule has 0 saturated heterocycles. The van der Waals surface area contributed by atoms with Gasteiger partial charge in [0.05, 0.1) is 17.9 Å². The van der Waals surface area contributed by atoms with E-state index in [1.54, 1.807) is 43.6 Å². The molecule has 126 valence electrons. The lowest BCUT2D eigenvalue weighted by Gasteiger charge is -2.11. The van der Waals surface area contributed by atoms with Gasteiger partial charge in [0.2, 0.25) is 0 Å². The smallest absolute Gasteiger partial charge is 0.338 e. The molecule has 7 heteroatoms. The van der Waals surface area contributed by atoms with Crippen LogP contribution in [-0.2, 0) is 11.3 Å². The van der Waals surface area contributed by atoms with Crippen LogP contribution < -0.4 is 10.6 Å². The van der Waals surface area contributed by atoms with Crippen LogP contribution in [0.5, 0.6) is 0 Å². The van der Waals surface area contributed by atoms with Gasteiger partial charge in [0.15, 0.2) is 0 Å². The zero-order valence-corrected chi connectivity index (χ0v) is 13.2. The fraction of sp³-hybridized carbons (Fsp3) is 0.176. The summed E-state index contributed by atoms with van der Waals surface area (Å²) in [7, 11) is 0. The Morgan fingerprint density at radius 3 is 2.71 bits per heavy atom. The Morgan fingerprint density at radius 1 is 1.29 bits per heavy atom. The molecule has 0 aliphatic rings. The highest BCUT2D eigenvalue weighted by Crippen LogP contribution is 2.16. The molecule has 0 aliphatic heterocycles. The number of amides is 2. The monoisotopic (exact) mass is 328 g/mol. The lowest BCUT2D eigenvalue weighted by molar-refractivity contribution is 0.0526. The highest BCUT2D eigenvalue weighted by molar-refractivity contribution is 5.99. The van der Waals surface area contributed by atoms with E-state index >= 15 is 0 Å². The molecule has 0 radical (unpaired) electrons. The molecule has 0 fully saturated rings. The third kappa shape index (κ3) is 4.64. The molecule has 0 unspecified atom stereocenters. The highest BCUT2D eigenvalue weighted by Gasteiger charge is 2.11. The third-order valence-electron chi connectivity index (χ3n) is 3.17. The zero-order valence-electron chi connectivity index (χ0n) is 13.2. The summed E-state index contributed by atoms with van der Waals surface area (Å²) in [6.45, 7) is 2.35. The van der Waals surface area contributed by atoms with E-state index in [9.17, 15) is 9.59 Å². The minimum Gasteiger partial charge on any atom is -0.462 e. The van der Waals surface area contributed by atoms with Crippen LogP contribution in [0.4, 0.5) is 10.5 Å². The SMILES string of the molecule is CCOC(=O)c1ccc(NC(=O)NCc2ccncc2)c(C=N)c1.[HH]. The normalized spacial score (nSPS) is 9.88. The number of nitrogens with one attached hydrogen (secondary N) is 3. The van der Waals surface area contributed by atoms with Crippen LogP contribution in [0.15, 0.2) is 42.7 Å². The van der Waals surface area contributed by atoms with Gasteiger partial charge in [0.25, 0.3) is 0 Å². The molecule has 7 nitrogen and oxygen atoms in total. The quantitative estimate of drug-likeness (QED) is 0.560. The predicted molar refractivity (Wildman–Crippen MR) is 92.5 cm³/mol. The minimum atomic E-state index is -0.464. The number of pyridine rings is 1. The predicted octanol–water partition coefficient (Wildman–Crippen LogP) is 2.82. The van der Waals surface area contributed by atoms with Crippen LogP contribution in [0, 0.1) is 5.41 Å². The van der Waals surface area contributed by atoms with Crippen LogP contribution in [0.25, 0.3) is 0 Å². The van der Waals surface area contributed by atoms with Gasteiger partial charge in [-0.2, -0.15) is 0 Å². The summed E-state index contributed by atoms with van der Waals surface area (Å²) in [5.74, 6) is -0.464. The van der Waals surface area contributed by atoms with Crippen LogP contribution >= 0.6 is 0 Å². The molecule has 1 aromatic heterocycles. The van der Waals surface area contributed by atoms with Gasteiger partial charge < -0.3 is 20.8 Å². The second-order valence-corrected chi connectivity index (χ2v) is 4.83. The molecule has 0 atom stereocenters. The lowest BCUT2D eigenvalue weighted by Crippen LogP contribution is -2.28. The first-order valence-corrected chi connectivity index (χ1v) is 7.39. The van der Waals surface area contributed by atoms with E-state index in [0.29, 0.717) is 23.4 Å². The molecule has 2 rings (SSSR count). The summed E-state index contributed by atoms with van der Waals surface area (Å²) in [6.07, 6.45) is 4.37. The van der Waals surface area contributed by atoms with E-state index in [-0.39, 0.29) is 8.03 Å². The maximum absolute atomic E-state index is 12.0. The van der Waals surface area contributed by atoms with Gasteiger partial charge in [0, 0.05) is 32.1 Å². The van der Waals surface area contributed by atoms with Crippen molar-refractivity contribution in [1.82, 2.24) is 10.3 Å². The topological polar surface area (TPSA) is 104 Å². The van der Waals surface area contributed by atoms with E-state index in [1.165, 1.54) is 6.07 Å². The van der Waals surface area contributed by atoms with E-state index < -0.39 is 12.0 Å². The molecule has 0 saturated carbocycles. The first kappa shape index (κ1) is 17.1. The molecule has 1 heterocycles. The number of benzene rings is 1. The standard InChI is InChI=1S/C17H18N4O3.H2/c1-2-24-16(22)13-3-4-15(14(9-13)10-18)21-17(23)20-11-12-5-7-19-8-6-12;/h3-10,18H,2,11H2,1H3,(H2,20,21,23);1H. The van der Waals surface area contributed by atoms with E-state index in [2.05, 4.69) is 15.6 Å². The molecule has 2 aromatic rings. The largest absolute Gasteiger partial charge is 0.462 e. The summed E-state index contributed by atoms with van der Waals surface area (Å²) >= 11 is 0. The summed E-state index contributed by atoms with van der Waals surface area (Å²) in [5.41, 5.74) is 2.10. The van der Waals surface area contributed by atoms with Crippen molar-refractivity contribution in [2.24, 2.45) is 0 Å². The van der Waals surface area contributed by atoms with Crippen molar-refractivity contribution in [2.75, 3.05) is 11.9 Å². The molecular formula is C17H20N4O3. The van der Waals surface area contributed by atoms with Crippen LogP contribution in [0.1, 0.15) is 29.8 Å². The second kappa shape index (κ2) is 8.42. The first-order valence-electron chi connectivity index (χ1n) is 7.39. The van der Waals surface area contributed by atoms with Gasteiger partial charge in [-0.25, -0.2) is 9.59 Å². The maximum atomic E-state index is 12.0. The Balaban J connectivity index is 0.00000312. The number of hydrogen-bond donors (Lipinski definition) is 3. The average Bonchev–Trinajstić information content (AvgIpc) is 2.61. The number of ether oxygens (including phenoxy) is 1. The van der Waals surface area contributed by atoms with Crippen molar-refractivity contribution >= 4 is 23.9 Å². The Labute approximate surface area is 141 Å². The fourth-order valence-corrected chi connectivity index (χ4v) is 1.99. The summed E-state index contributed by atoms with van der Waals surface area (Å²) < 4.78 is 4.92. The Morgan fingerprint density at radius 2 is 2.04 bits per heavy atom. The number of urea groups is 1. The van der Waals surface area contributed by atoms with Crippen LogP contribution in [-0.4, -0.2) is 29.8 Å². The van der Waals surface area contributed by atoms with Crippen molar-refractivity contribution in [3.05, 3.63) is 59.4 Å². The molecule has 0 spiro atoms. The molecule has 0 aliphatic carbocycles. The number of carbonyl (C=O) groups excluding carboxylic acids is 2. The summed E-state index contributed by atoms with van der Waals surface area (Å²) in [5, 5.41) is 12.8.